The van der Waals surface area contributed by atoms with Gasteiger partial charge >= 0.3 is 12.1 Å². The number of carbonyl (C=O) groups excluding carboxylic acids is 2. The Morgan fingerprint density at radius 1 is 1.19 bits per heavy atom. The number of ether oxygens (including phenoxy) is 2. The van der Waals surface area contributed by atoms with E-state index < -0.39 is 17.7 Å². The largest absolute Gasteiger partial charge is 0.464 e. The topological polar surface area (TPSA) is 127 Å². The molecule has 1 aromatic rings. The molecule has 0 unspecified atom stereocenters. The lowest BCUT2D eigenvalue weighted by Crippen LogP contribution is -2.35. The van der Waals surface area contributed by atoms with Gasteiger partial charge in [-0.1, -0.05) is 13.8 Å². The van der Waals surface area contributed by atoms with Crippen LogP contribution in [0.5, 0.6) is 0 Å². The summed E-state index contributed by atoms with van der Waals surface area (Å²) in [5, 5.41) is 13.5. The van der Waals surface area contributed by atoms with Crippen molar-refractivity contribution in [3.05, 3.63) is 23.8 Å². The Balaban J connectivity index is 0.00000301. The van der Waals surface area contributed by atoms with Crippen LogP contribution in [-0.2, 0) is 14.3 Å². The van der Waals surface area contributed by atoms with Crippen molar-refractivity contribution in [1.29, 1.82) is 5.41 Å². The third-order valence-electron chi connectivity index (χ3n) is 2.81. The van der Waals surface area contributed by atoms with Gasteiger partial charge in [0.1, 0.15) is 11.3 Å². The molecule has 0 spiro atoms. The van der Waals surface area contributed by atoms with Crippen molar-refractivity contribution in [3.63, 3.8) is 0 Å². The Kier molecular flexibility index (Phi) is 9.80. The Labute approximate surface area is 154 Å². The fraction of sp³-hybridized carbons (Fsp3) is 0.500. The van der Waals surface area contributed by atoms with Gasteiger partial charge in [-0.3, -0.25) is 5.41 Å². The molecule has 0 atom stereocenters. The highest BCUT2D eigenvalue weighted by Crippen LogP contribution is 2.20. The molecule has 0 heterocycles. The maximum Gasteiger partial charge on any atom is 0.407 e. The van der Waals surface area contributed by atoms with E-state index in [1.807, 2.05) is 13.8 Å². The monoisotopic (exact) mass is 366 g/mol. The Bertz CT molecular complexity index is 624. The molecule has 146 valence electrons. The van der Waals surface area contributed by atoms with Crippen LogP contribution in [0.25, 0.3) is 0 Å². The molecule has 0 aliphatic heterocycles. The van der Waals surface area contributed by atoms with E-state index in [0.29, 0.717) is 30.0 Å². The quantitative estimate of drug-likeness (QED) is 0.265. The SMILES string of the molecule is CC.COC(=O)C(=N)c1ccc(N)cc1NCCNC(=O)OC(C)(C)C. The van der Waals surface area contributed by atoms with Gasteiger partial charge in [-0.2, -0.15) is 0 Å². The number of hydrogen-bond donors (Lipinski definition) is 4. The van der Waals surface area contributed by atoms with E-state index in [9.17, 15) is 9.59 Å². The predicted octanol–water partition coefficient (Wildman–Crippen LogP) is 2.77. The first-order valence-corrected chi connectivity index (χ1v) is 8.41. The summed E-state index contributed by atoms with van der Waals surface area (Å²) >= 11 is 0. The second-order valence-corrected chi connectivity index (χ2v) is 6.03. The molecule has 1 rings (SSSR count). The van der Waals surface area contributed by atoms with E-state index in [1.165, 1.54) is 7.11 Å². The molecule has 0 radical (unpaired) electrons. The number of rotatable bonds is 6. The Hall–Kier alpha value is -2.77. The number of hydrogen-bond acceptors (Lipinski definition) is 7. The number of amides is 1. The van der Waals surface area contributed by atoms with E-state index in [1.54, 1.807) is 39.0 Å². The van der Waals surface area contributed by atoms with Crippen LogP contribution in [0, 0.1) is 5.41 Å². The number of benzene rings is 1. The summed E-state index contributed by atoms with van der Waals surface area (Å²) in [4.78, 5) is 23.1. The van der Waals surface area contributed by atoms with E-state index in [-0.39, 0.29) is 5.71 Å². The average Bonchev–Trinajstić information content (AvgIpc) is 2.57. The lowest BCUT2D eigenvalue weighted by atomic mass is 10.1. The first kappa shape index (κ1) is 23.2. The van der Waals surface area contributed by atoms with Gasteiger partial charge in [0.2, 0.25) is 0 Å². The van der Waals surface area contributed by atoms with Crippen LogP contribution in [0.1, 0.15) is 40.2 Å². The highest BCUT2D eigenvalue weighted by molar-refractivity contribution is 6.43. The third kappa shape index (κ3) is 8.36. The van der Waals surface area contributed by atoms with Gasteiger partial charge in [-0.15, -0.1) is 0 Å². The highest BCUT2D eigenvalue weighted by atomic mass is 16.6. The van der Waals surface area contributed by atoms with Crippen LogP contribution in [-0.4, -0.2) is 43.6 Å². The summed E-state index contributed by atoms with van der Waals surface area (Å²) in [6, 6.07) is 4.77. The predicted molar refractivity (Wildman–Crippen MR) is 104 cm³/mol. The summed E-state index contributed by atoms with van der Waals surface area (Å²) in [7, 11) is 1.21. The number of methoxy groups -OCH3 is 1. The van der Waals surface area contributed by atoms with E-state index in [2.05, 4.69) is 15.4 Å². The molecule has 5 N–H and O–H groups in total. The Morgan fingerprint density at radius 3 is 2.35 bits per heavy atom. The van der Waals surface area contributed by atoms with E-state index in [4.69, 9.17) is 15.9 Å². The lowest BCUT2D eigenvalue weighted by Gasteiger charge is -2.20. The Morgan fingerprint density at radius 2 is 1.81 bits per heavy atom. The molecule has 26 heavy (non-hydrogen) atoms. The van der Waals surface area contributed by atoms with Crippen LogP contribution in [0.4, 0.5) is 16.2 Å². The zero-order valence-corrected chi connectivity index (χ0v) is 16.4. The van der Waals surface area contributed by atoms with Crippen LogP contribution < -0.4 is 16.4 Å². The number of esters is 1. The van der Waals surface area contributed by atoms with Gasteiger partial charge in [0.25, 0.3) is 0 Å². The van der Waals surface area contributed by atoms with Gasteiger partial charge in [0, 0.05) is 30.0 Å². The van der Waals surface area contributed by atoms with Crippen LogP contribution in [0.2, 0.25) is 0 Å². The summed E-state index contributed by atoms with van der Waals surface area (Å²) in [5.74, 6) is -0.741. The molecule has 1 amide bonds. The van der Waals surface area contributed by atoms with E-state index in [0.717, 1.165) is 0 Å². The second kappa shape index (κ2) is 11.0. The molecule has 0 aliphatic rings. The minimum absolute atomic E-state index is 0.278. The molecule has 0 bridgehead atoms. The molecule has 8 heteroatoms. The smallest absolute Gasteiger partial charge is 0.407 e. The molecular formula is C18H30N4O4. The van der Waals surface area contributed by atoms with Crippen molar-refractivity contribution in [1.82, 2.24) is 5.32 Å². The van der Waals surface area contributed by atoms with Crippen molar-refractivity contribution in [3.8, 4) is 0 Å². The molecule has 1 aromatic carbocycles. The molecule has 8 nitrogen and oxygen atoms in total. The van der Waals surface area contributed by atoms with Gasteiger partial charge < -0.3 is 25.8 Å². The average molecular weight is 366 g/mol. The van der Waals surface area contributed by atoms with Crippen molar-refractivity contribution >= 4 is 29.1 Å². The van der Waals surface area contributed by atoms with Crippen LogP contribution in [0.3, 0.4) is 0 Å². The van der Waals surface area contributed by atoms with Crippen LogP contribution in [0.15, 0.2) is 18.2 Å². The molecule has 0 aliphatic carbocycles. The second-order valence-electron chi connectivity index (χ2n) is 6.03. The third-order valence-corrected chi connectivity index (χ3v) is 2.81. The first-order valence-electron chi connectivity index (χ1n) is 8.41. The number of anilines is 2. The molecular weight excluding hydrogens is 336 g/mol. The van der Waals surface area contributed by atoms with Crippen molar-refractivity contribution in [2.45, 2.75) is 40.2 Å². The normalized spacial score (nSPS) is 10.1. The van der Waals surface area contributed by atoms with Crippen molar-refractivity contribution in [2.75, 3.05) is 31.2 Å². The van der Waals surface area contributed by atoms with Crippen molar-refractivity contribution < 1.29 is 19.1 Å². The first-order chi connectivity index (χ1) is 12.1. The van der Waals surface area contributed by atoms with Crippen molar-refractivity contribution in [2.24, 2.45) is 0 Å². The number of alkyl carbamates (subject to hydrolysis) is 1. The summed E-state index contributed by atoms with van der Waals surface area (Å²) in [5.41, 5.74) is 6.27. The van der Waals surface area contributed by atoms with E-state index >= 15 is 0 Å². The fourth-order valence-corrected chi connectivity index (χ4v) is 1.81. The highest BCUT2D eigenvalue weighted by Gasteiger charge is 2.17. The fourth-order valence-electron chi connectivity index (χ4n) is 1.81. The minimum atomic E-state index is -0.741. The standard InChI is InChI=1S/C16H24N4O4.C2H6/c1-16(2,3)24-15(22)20-8-7-19-12-9-10(17)5-6-11(12)13(18)14(21)23-4;1-2/h5-6,9,18-19H,7-8,17H2,1-4H3,(H,20,22);1-2H3. The summed E-state index contributed by atoms with van der Waals surface area (Å²) in [6.07, 6.45) is -0.514. The zero-order chi connectivity index (χ0) is 20.3. The summed E-state index contributed by atoms with van der Waals surface area (Å²) in [6.45, 7) is 10.0. The number of nitrogens with one attached hydrogen (secondary N) is 3. The molecule has 0 saturated heterocycles. The molecule has 0 aromatic heterocycles. The maximum absolute atomic E-state index is 11.6. The van der Waals surface area contributed by atoms with Gasteiger partial charge in [-0.25, -0.2) is 9.59 Å². The summed E-state index contributed by atoms with van der Waals surface area (Å²) < 4.78 is 9.68. The molecule has 0 saturated carbocycles. The molecule has 0 fully saturated rings. The number of carbonyl (C=O) groups is 2. The van der Waals surface area contributed by atoms with Gasteiger partial charge in [0.05, 0.1) is 7.11 Å². The number of nitrogens with two attached hydrogens (primary N) is 1. The van der Waals surface area contributed by atoms with Gasteiger partial charge in [0.15, 0.2) is 0 Å². The minimum Gasteiger partial charge on any atom is -0.464 e. The number of nitrogen functional groups attached to an aromatic ring is 1. The van der Waals surface area contributed by atoms with Crippen LogP contribution >= 0.6 is 0 Å². The zero-order valence-electron chi connectivity index (χ0n) is 16.4. The maximum atomic E-state index is 11.6. The lowest BCUT2D eigenvalue weighted by molar-refractivity contribution is -0.132. The van der Waals surface area contributed by atoms with Gasteiger partial charge in [-0.05, 0) is 39.0 Å².